The number of ether oxygens (including phenoxy) is 2. The van der Waals surface area contributed by atoms with E-state index < -0.39 is 17.6 Å². The van der Waals surface area contributed by atoms with Crippen molar-refractivity contribution in [3.8, 4) is 0 Å². The largest absolute Gasteiger partial charge is 0.511 e. The number of hydrogen-bond donors (Lipinski definition) is 1. The Bertz CT molecular complexity index is 647. The molecule has 0 aliphatic rings. The number of halogens is 2. The monoisotopic (exact) mass is 359 g/mol. The van der Waals surface area contributed by atoms with Crippen molar-refractivity contribution in [2.45, 2.75) is 20.3 Å². The molecule has 0 saturated carbocycles. The molecule has 1 aromatic rings. The van der Waals surface area contributed by atoms with E-state index in [1.165, 1.54) is 13.2 Å². The van der Waals surface area contributed by atoms with Gasteiger partial charge in [-0.3, -0.25) is 0 Å². The van der Waals surface area contributed by atoms with Crippen molar-refractivity contribution in [1.82, 2.24) is 0 Å². The Morgan fingerprint density at radius 1 is 1.29 bits per heavy atom. The summed E-state index contributed by atoms with van der Waals surface area (Å²) in [6, 6.07) is 3.09. The molecule has 0 aliphatic heterocycles. The summed E-state index contributed by atoms with van der Waals surface area (Å²) in [7, 11) is 1.45. The zero-order valence-electron chi connectivity index (χ0n) is 13.6. The van der Waals surface area contributed by atoms with Gasteiger partial charge in [-0.1, -0.05) is 18.7 Å². The van der Waals surface area contributed by atoms with Crippen LogP contribution in [-0.4, -0.2) is 35.8 Å². The third-order valence-electron chi connectivity index (χ3n) is 2.76. The Balaban J connectivity index is 3.37. The molecule has 0 bridgehead atoms. The van der Waals surface area contributed by atoms with Crippen LogP contribution in [0, 0.1) is 11.6 Å². The molecule has 0 heterocycles. The summed E-state index contributed by atoms with van der Waals surface area (Å²) < 4.78 is 36.3. The number of thioether (sulfide) groups is 1. The van der Waals surface area contributed by atoms with Crippen molar-refractivity contribution >= 4 is 28.5 Å². The van der Waals surface area contributed by atoms with Crippen LogP contribution in [0.25, 0.3) is 0 Å². The minimum Gasteiger partial charge on any atom is -0.511 e. The number of aliphatic imine (C=N–C) groups is 1. The van der Waals surface area contributed by atoms with Crippen LogP contribution in [0.1, 0.15) is 20.3 Å². The minimum atomic E-state index is -1.06. The number of hydrogen-bond acceptors (Lipinski definition) is 6. The summed E-state index contributed by atoms with van der Waals surface area (Å²) in [5, 5.41) is 10.2. The number of methoxy groups -OCH3 is 1. The van der Waals surface area contributed by atoms with Crippen molar-refractivity contribution in [2.75, 3.05) is 19.7 Å². The number of benzene rings is 1. The van der Waals surface area contributed by atoms with E-state index in [1.54, 1.807) is 13.8 Å². The van der Waals surface area contributed by atoms with E-state index in [4.69, 9.17) is 9.47 Å². The fraction of sp³-hybridized carbons (Fsp3) is 0.375. The molecule has 0 atom stereocenters. The number of carbonyl (C=O) groups excluding carboxylic acids is 1. The predicted molar refractivity (Wildman–Crippen MR) is 89.5 cm³/mol. The lowest BCUT2D eigenvalue weighted by Gasteiger charge is -2.12. The van der Waals surface area contributed by atoms with Crippen LogP contribution in [0.15, 0.2) is 34.5 Å². The normalized spacial score (nSPS) is 12.8. The molecule has 0 fully saturated rings. The molecule has 24 heavy (non-hydrogen) atoms. The minimum absolute atomic E-state index is 0.0956. The number of allylic oxidation sites excluding steroid dienone is 1. The lowest BCUT2D eigenvalue weighted by molar-refractivity contribution is -0.138. The highest BCUT2D eigenvalue weighted by molar-refractivity contribution is 8.14. The molecule has 0 unspecified atom stereocenters. The molecule has 0 radical (unpaired) electrons. The van der Waals surface area contributed by atoms with Gasteiger partial charge in [0.05, 0.1) is 18.2 Å². The number of esters is 1. The van der Waals surface area contributed by atoms with Crippen LogP contribution in [0.2, 0.25) is 0 Å². The predicted octanol–water partition coefficient (Wildman–Crippen LogP) is 4.12. The first-order chi connectivity index (χ1) is 11.4. The second-order valence-corrected chi connectivity index (χ2v) is 5.37. The van der Waals surface area contributed by atoms with E-state index in [2.05, 4.69) is 4.99 Å². The summed E-state index contributed by atoms with van der Waals surface area (Å²) in [4.78, 5) is 16.3. The summed E-state index contributed by atoms with van der Waals surface area (Å²) in [5.41, 5.74) is -0.0238. The third-order valence-corrected chi connectivity index (χ3v) is 3.69. The summed E-state index contributed by atoms with van der Waals surface area (Å²) >= 11 is 1.03. The van der Waals surface area contributed by atoms with Gasteiger partial charge in [0, 0.05) is 19.6 Å². The second-order valence-electron chi connectivity index (χ2n) is 4.46. The Labute approximate surface area is 143 Å². The molecular weight excluding hydrogens is 340 g/mol. The fourth-order valence-electron chi connectivity index (χ4n) is 1.66. The Kier molecular flexibility index (Phi) is 8.42. The van der Waals surface area contributed by atoms with Gasteiger partial charge in [0.1, 0.15) is 16.4 Å². The molecule has 0 amide bonds. The first kappa shape index (κ1) is 20.1. The van der Waals surface area contributed by atoms with Gasteiger partial charge in [0.25, 0.3) is 0 Å². The van der Waals surface area contributed by atoms with Crippen molar-refractivity contribution < 1.29 is 28.2 Å². The molecule has 0 aliphatic carbocycles. The van der Waals surface area contributed by atoms with Gasteiger partial charge in [-0.2, -0.15) is 0 Å². The molecule has 1 rings (SSSR count). The van der Waals surface area contributed by atoms with E-state index in [0.717, 1.165) is 23.9 Å². The molecule has 1 aromatic carbocycles. The van der Waals surface area contributed by atoms with E-state index >= 15 is 0 Å². The maximum atomic E-state index is 13.4. The smallest absolute Gasteiger partial charge is 0.344 e. The molecule has 0 aromatic heterocycles. The molecular formula is C16H19F2NO4S. The average molecular weight is 359 g/mol. The zero-order valence-corrected chi connectivity index (χ0v) is 14.5. The van der Waals surface area contributed by atoms with Gasteiger partial charge in [-0.25, -0.2) is 18.6 Å². The molecule has 1 N–H and O–H groups in total. The SMILES string of the molecule is CCOC(=O)/C(C(=Nc1ccc(F)c(F)c1)SCOC)=C(\O)CC. The van der Waals surface area contributed by atoms with Crippen molar-refractivity contribution in [1.29, 1.82) is 0 Å². The van der Waals surface area contributed by atoms with Crippen LogP contribution in [0.3, 0.4) is 0 Å². The summed E-state index contributed by atoms with van der Waals surface area (Å²) in [5.74, 6) is -2.88. The lowest BCUT2D eigenvalue weighted by Crippen LogP contribution is -2.17. The van der Waals surface area contributed by atoms with Gasteiger partial charge < -0.3 is 14.6 Å². The first-order valence-electron chi connectivity index (χ1n) is 7.19. The van der Waals surface area contributed by atoms with E-state index in [9.17, 15) is 18.7 Å². The fourth-order valence-corrected chi connectivity index (χ4v) is 2.40. The maximum Gasteiger partial charge on any atom is 0.344 e. The quantitative estimate of drug-likeness (QED) is 0.198. The standard InChI is InChI=1S/C16H19F2NO4S/c1-4-13(20)14(16(21)23-5-2)15(24-9-22-3)19-10-6-7-11(17)12(18)8-10/h6-8,20H,4-5,9H2,1-3H3/b14-13-,19-15?. The molecule has 0 spiro atoms. The number of aliphatic hydroxyl groups excluding tert-OH is 1. The lowest BCUT2D eigenvalue weighted by atomic mass is 10.2. The average Bonchev–Trinajstić information content (AvgIpc) is 2.56. The van der Waals surface area contributed by atoms with Gasteiger partial charge >= 0.3 is 5.97 Å². The van der Waals surface area contributed by atoms with E-state index in [0.29, 0.717) is 0 Å². The van der Waals surface area contributed by atoms with Crippen molar-refractivity contribution in [2.24, 2.45) is 4.99 Å². The number of nitrogens with zero attached hydrogens (tertiary/aromatic N) is 1. The van der Waals surface area contributed by atoms with E-state index in [1.807, 2.05) is 0 Å². The topological polar surface area (TPSA) is 68.1 Å². The zero-order chi connectivity index (χ0) is 18.1. The van der Waals surface area contributed by atoms with Crippen LogP contribution in [0.5, 0.6) is 0 Å². The summed E-state index contributed by atoms with van der Waals surface area (Å²) in [6.45, 7) is 3.41. The molecule has 5 nitrogen and oxygen atoms in total. The van der Waals surface area contributed by atoms with Crippen LogP contribution in [-0.2, 0) is 14.3 Å². The number of carbonyl (C=O) groups is 1. The van der Waals surface area contributed by atoms with Crippen LogP contribution < -0.4 is 0 Å². The Morgan fingerprint density at radius 3 is 2.54 bits per heavy atom. The van der Waals surface area contributed by atoms with Crippen molar-refractivity contribution in [3.63, 3.8) is 0 Å². The number of rotatable bonds is 7. The third kappa shape index (κ3) is 5.61. The Hall–Kier alpha value is -1.93. The van der Waals surface area contributed by atoms with Gasteiger partial charge in [-0.05, 0) is 19.1 Å². The number of aliphatic hydroxyl groups is 1. The van der Waals surface area contributed by atoms with Crippen molar-refractivity contribution in [3.05, 3.63) is 41.2 Å². The van der Waals surface area contributed by atoms with Gasteiger partial charge in [0.2, 0.25) is 0 Å². The van der Waals surface area contributed by atoms with Gasteiger partial charge in [0.15, 0.2) is 11.6 Å². The highest BCUT2D eigenvalue weighted by Gasteiger charge is 2.23. The Morgan fingerprint density at radius 2 is 2.00 bits per heavy atom. The second kappa shape index (κ2) is 10.0. The highest BCUT2D eigenvalue weighted by Crippen LogP contribution is 2.24. The highest BCUT2D eigenvalue weighted by atomic mass is 32.2. The molecule has 8 heteroatoms. The van der Waals surface area contributed by atoms with Crippen LogP contribution >= 0.6 is 11.8 Å². The van der Waals surface area contributed by atoms with E-state index in [-0.39, 0.29) is 41.0 Å². The van der Waals surface area contributed by atoms with Crippen LogP contribution in [0.4, 0.5) is 14.5 Å². The summed E-state index contributed by atoms with van der Waals surface area (Å²) in [6.07, 6.45) is 0.179. The first-order valence-corrected chi connectivity index (χ1v) is 8.18. The maximum absolute atomic E-state index is 13.4. The molecule has 132 valence electrons. The molecule has 0 saturated heterocycles. The van der Waals surface area contributed by atoms with Gasteiger partial charge in [-0.15, -0.1) is 0 Å².